The number of aromatic nitrogens is 1. The molecule has 1 aliphatic heterocycles. The zero-order valence-electron chi connectivity index (χ0n) is 16.7. The molecular weight excluding hydrogens is 338 g/mol. The molecule has 0 saturated carbocycles. The Bertz CT molecular complexity index is 737. The standard InChI is InChI=1S/C21H31N5O/c1-4-26-13-5-6-19(26)14-24-21(22-3)23-12-11-18-15-27-20(25-18)17-9-7-16(2)8-10-17/h7-10,15,19H,4-6,11-14H2,1-3H3,(H2,22,23,24). The van der Waals surface area contributed by atoms with E-state index in [1.54, 1.807) is 6.26 Å². The van der Waals surface area contributed by atoms with E-state index in [1.165, 1.54) is 24.9 Å². The SMILES string of the molecule is CCN1CCCC1CNC(=NC)NCCc1coc(-c2ccc(C)cc2)n1. The van der Waals surface area contributed by atoms with Crippen molar-refractivity contribution in [2.75, 3.05) is 33.2 Å². The second-order valence-electron chi connectivity index (χ2n) is 7.06. The molecule has 146 valence electrons. The summed E-state index contributed by atoms with van der Waals surface area (Å²) < 4.78 is 5.62. The predicted molar refractivity (Wildman–Crippen MR) is 110 cm³/mol. The van der Waals surface area contributed by atoms with Crippen LogP contribution < -0.4 is 10.6 Å². The minimum absolute atomic E-state index is 0.612. The van der Waals surface area contributed by atoms with Crippen LogP contribution in [0.4, 0.5) is 0 Å². The average Bonchev–Trinajstić information content (AvgIpc) is 3.34. The highest BCUT2D eigenvalue weighted by atomic mass is 16.3. The van der Waals surface area contributed by atoms with E-state index in [2.05, 4.69) is 51.5 Å². The molecule has 2 heterocycles. The Morgan fingerprint density at radius 2 is 2.11 bits per heavy atom. The quantitative estimate of drug-likeness (QED) is 0.580. The summed E-state index contributed by atoms with van der Waals surface area (Å²) in [6.45, 7) is 8.34. The first-order chi connectivity index (χ1) is 13.2. The molecule has 6 nitrogen and oxygen atoms in total. The van der Waals surface area contributed by atoms with Crippen LogP contribution >= 0.6 is 0 Å². The summed E-state index contributed by atoms with van der Waals surface area (Å²) in [5.74, 6) is 1.52. The molecule has 1 fully saturated rings. The van der Waals surface area contributed by atoms with Crippen LogP contribution in [0.2, 0.25) is 0 Å². The number of rotatable bonds is 7. The Labute approximate surface area is 162 Å². The lowest BCUT2D eigenvalue weighted by molar-refractivity contribution is 0.267. The number of hydrogen-bond donors (Lipinski definition) is 2. The molecule has 1 aromatic carbocycles. The van der Waals surface area contributed by atoms with E-state index in [0.29, 0.717) is 11.9 Å². The van der Waals surface area contributed by atoms with Crippen LogP contribution in [0.1, 0.15) is 31.0 Å². The zero-order valence-corrected chi connectivity index (χ0v) is 16.7. The number of hydrogen-bond acceptors (Lipinski definition) is 4. The van der Waals surface area contributed by atoms with Gasteiger partial charge in [0, 0.05) is 38.2 Å². The number of aryl methyl sites for hydroxylation is 1. The van der Waals surface area contributed by atoms with Gasteiger partial charge in [-0.25, -0.2) is 4.98 Å². The molecule has 1 atom stereocenters. The topological polar surface area (TPSA) is 65.7 Å². The Balaban J connectivity index is 1.44. The highest BCUT2D eigenvalue weighted by Crippen LogP contribution is 2.19. The summed E-state index contributed by atoms with van der Waals surface area (Å²) in [7, 11) is 1.81. The highest BCUT2D eigenvalue weighted by Gasteiger charge is 2.22. The molecule has 3 rings (SSSR count). The maximum Gasteiger partial charge on any atom is 0.226 e. The molecule has 0 radical (unpaired) electrons. The molecule has 1 unspecified atom stereocenters. The van der Waals surface area contributed by atoms with E-state index in [-0.39, 0.29) is 0 Å². The van der Waals surface area contributed by atoms with E-state index in [9.17, 15) is 0 Å². The van der Waals surface area contributed by atoms with Gasteiger partial charge in [-0.2, -0.15) is 0 Å². The van der Waals surface area contributed by atoms with E-state index in [4.69, 9.17) is 4.42 Å². The summed E-state index contributed by atoms with van der Waals surface area (Å²) in [5, 5.41) is 6.82. The van der Waals surface area contributed by atoms with Gasteiger partial charge < -0.3 is 15.1 Å². The third kappa shape index (κ3) is 5.32. The van der Waals surface area contributed by atoms with Crippen LogP contribution in [0.25, 0.3) is 11.5 Å². The number of aliphatic imine (C=N–C) groups is 1. The number of likely N-dealkylation sites (N-methyl/N-ethyl adjacent to an activating group) is 1. The first-order valence-corrected chi connectivity index (χ1v) is 9.89. The second-order valence-corrected chi connectivity index (χ2v) is 7.06. The van der Waals surface area contributed by atoms with Crippen LogP contribution in [-0.4, -0.2) is 55.1 Å². The molecule has 0 bridgehead atoms. The Morgan fingerprint density at radius 3 is 2.85 bits per heavy atom. The van der Waals surface area contributed by atoms with Crippen molar-refractivity contribution in [1.82, 2.24) is 20.5 Å². The smallest absolute Gasteiger partial charge is 0.226 e. The van der Waals surface area contributed by atoms with Gasteiger partial charge in [0.25, 0.3) is 0 Å². The Hall–Kier alpha value is -2.34. The summed E-state index contributed by atoms with van der Waals surface area (Å²) in [5.41, 5.74) is 3.18. The zero-order chi connectivity index (χ0) is 19.1. The fourth-order valence-electron chi connectivity index (χ4n) is 3.54. The minimum atomic E-state index is 0.612. The summed E-state index contributed by atoms with van der Waals surface area (Å²) >= 11 is 0. The first kappa shape index (κ1) is 19.4. The number of benzene rings is 1. The molecule has 0 aliphatic carbocycles. The van der Waals surface area contributed by atoms with Gasteiger partial charge in [0.05, 0.1) is 5.69 Å². The maximum absolute atomic E-state index is 5.62. The van der Waals surface area contributed by atoms with Crippen LogP contribution in [0, 0.1) is 6.92 Å². The van der Waals surface area contributed by atoms with Gasteiger partial charge in [0.15, 0.2) is 5.96 Å². The third-order valence-corrected chi connectivity index (χ3v) is 5.16. The second kappa shape index (κ2) is 9.55. The van der Waals surface area contributed by atoms with Crippen molar-refractivity contribution >= 4 is 5.96 Å². The average molecular weight is 370 g/mol. The number of nitrogens with zero attached hydrogens (tertiary/aromatic N) is 3. The third-order valence-electron chi connectivity index (χ3n) is 5.16. The largest absolute Gasteiger partial charge is 0.444 e. The summed E-state index contributed by atoms with van der Waals surface area (Å²) in [6.07, 6.45) is 5.09. The van der Waals surface area contributed by atoms with Crippen molar-refractivity contribution in [3.8, 4) is 11.5 Å². The van der Waals surface area contributed by atoms with Gasteiger partial charge >= 0.3 is 0 Å². The van der Waals surface area contributed by atoms with Gasteiger partial charge in [0.2, 0.25) is 5.89 Å². The van der Waals surface area contributed by atoms with Crippen molar-refractivity contribution < 1.29 is 4.42 Å². The molecule has 1 aromatic heterocycles. The number of guanidine groups is 1. The van der Waals surface area contributed by atoms with Gasteiger partial charge in [-0.15, -0.1) is 0 Å². The van der Waals surface area contributed by atoms with Crippen LogP contribution in [0.15, 0.2) is 39.9 Å². The predicted octanol–water partition coefficient (Wildman–Crippen LogP) is 2.84. The fourth-order valence-corrected chi connectivity index (χ4v) is 3.54. The van der Waals surface area contributed by atoms with Crippen LogP contribution in [0.5, 0.6) is 0 Å². The van der Waals surface area contributed by atoms with Crippen LogP contribution in [0.3, 0.4) is 0 Å². The maximum atomic E-state index is 5.62. The van der Waals surface area contributed by atoms with Gasteiger partial charge in [-0.05, 0) is 45.0 Å². The summed E-state index contributed by atoms with van der Waals surface area (Å²) in [6, 6.07) is 8.83. The highest BCUT2D eigenvalue weighted by molar-refractivity contribution is 5.79. The van der Waals surface area contributed by atoms with Crippen molar-refractivity contribution in [2.24, 2.45) is 4.99 Å². The monoisotopic (exact) mass is 369 g/mol. The van der Waals surface area contributed by atoms with Gasteiger partial charge in [0.1, 0.15) is 6.26 Å². The van der Waals surface area contributed by atoms with Gasteiger partial charge in [-0.3, -0.25) is 9.89 Å². The van der Waals surface area contributed by atoms with E-state index >= 15 is 0 Å². The van der Waals surface area contributed by atoms with Crippen molar-refractivity contribution in [3.63, 3.8) is 0 Å². The molecular formula is C21H31N5O. The normalized spacial score (nSPS) is 18.0. The van der Waals surface area contributed by atoms with Crippen molar-refractivity contribution in [1.29, 1.82) is 0 Å². The van der Waals surface area contributed by atoms with Gasteiger partial charge in [-0.1, -0.05) is 24.6 Å². The fraction of sp³-hybridized carbons (Fsp3) is 0.524. The lowest BCUT2D eigenvalue weighted by Crippen LogP contribution is -2.45. The molecule has 1 saturated heterocycles. The molecule has 27 heavy (non-hydrogen) atoms. The van der Waals surface area contributed by atoms with Crippen molar-refractivity contribution in [3.05, 3.63) is 41.8 Å². The van der Waals surface area contributed by atoms with E-state index in [1.807, 2.05) is 19.2 Å². The number of oxazole rings is 1. The number of nitrogens with one attached hydrogen (secondary N) is 2. The minimum Gasteiger partial charge on any atom is -0.444 e. The molecule has 1 aliphatic rings. The molecule has 0 spiro atoms. The molecule has 2 N–H and O–H groups in total. The molecule has 6 heteroatoms. The van der Waals surface area contributed by atoms with Crippen LogP contribution in [-0.2, 0) is 6.42 Å². The summed E-state index contributed by atoms with van der Waals surface area (Å²) in [4.78, 5) is 11.4. The number of likely N-dealkylation sites (tertiary alicyclic amines) is 1. The Kier molecular flexibility index (Phi) is 6.87. The lowest BCUT2D eigenvalue weighted by Gasteiger charge is -2.23. The molecule has 2 aromatic rings. The van der Waals surface area contributed by atoms with E-state index in [0.717, 1.165) is 43.3 Å². The first-order valence-electron chi connectivity index (χ1n) is 9.89. The molecule has 0 amide bonds. The van der Waals surface area contributed by atoms with E-state index < -0.39 is 0 Å². The Morgan fingerprint density at radius 1 is 1.30 bits per heavy atom. The van der Waals surface area contributed by atoms with Crippen molar-refractivity contribution in [2.45, 2.75) is 39.2 Å². The lowest BCUT2D eigenvalue weighted by atomic mass is 10.1.